The van der Waals surface area contributed by atoms with Gasteiger partial charge in [0, 0.05) is 22.2 Å². The monoisotopic (exact) mass is 277 g/mol. The lowest BCUT2D eigenvalue weighted by Crippen LogP contribution is -2.24. The maximum Gasteiger partial charge on any atom is 0.0545 e. The Kier molecular flexibility index (Phi) is 4.28. The normalized spacial score (nSPS) is 10.3. The molecular weight excluding hydrogens is 268 g/mol. The lowest BCUT2D eigenvalue weighted by molar-refractivity contribution is -0.304. The summed E-state index contributed by atoms with van der Waals surface area (Å²) in [5.41, 5.74) is 0.738. The minimum absolute atomic E-state index is 0.0897. The molecule has 4 heteroatoms. The number of carboxylic acids is 1. The summed E-state index contributed by atoms with van der Waals surface area (Å²) in [7, 11) is 0. The fourth-order valence-electron chi connectivity index (χ4n) is 1.55. The van der Waals surface area contributed by atoms with E-state index in [2.05, 4.69) is 0 Å². The minimum atomic E-state index is -1.08. The van der Waals surface area contributed by atoms with Gasteiger partial charge in [-0.1, -0.05) is 53.7 Å². The molecular formula is C14H10ClO2S-. The SMILES string of the molecule is O=C([O-])Cc1ccccc1Sc1ccccc1Cl. The number of carbonyl (C=O) groups is 1. The third-order valence-corrected chi connectivity index (χ3v) is 4.00. The largest absolute Gasteiger partial charge is 0.550 e. The van der Waals surface area contributed by atoms with Crippen molar-refractivity contribution in [3.05, 3.63) is 59.1 Å². The first kappa shape index (κ1) is 13.0. The maximum atomic E-state index is 10.7. The van der Waals surface area contributed by atoms with Crippen molar-refractivity contribution in [1.82, 2.24) is 0 Å². The van der Waals surface area contributed by atoms with Gasteiger partial charge in [-0.05, 0) is 23.8 Å². The molecule has 2 nitrogen and oxygen atoms in total. The number of carboxylic acid groups (broad SMARTS) is 1. The predicted molar refractivity (Wildman–Crippen MR) is 70.7 cm³/mol. The molecule has 92 valence electrons. The minimum Gasteiger partial charge on any atom is -0.550 e. The molecule has 2 aromatic rings. The molecule has 0 radical (unpaired) electrons. The van der Waals surface area contributed by atoms with Crippen LogP contribution >= 0.6 is 23.4 Å². The van der Waals surface area contributed by atoms with Gasteiger partial charge in [-0.3, -0.25) is 0 Å². The number of carbonyl (C=O) groups excluding carboxylic acids is 1. The fraction of sp³-hybridized carbons (Fsp3) is 0.0714. The molecule has 0 spiro atoms. The van der Waals surface area contributed by atoms with Crippen LogP contribution in [0.25, 0.3) is 0 Å². The van der Waals surface area contributed by atoms with Gasteiger partial charge < -0.3 is 9.90 Å². The Balaban J connectivity index is 2.29. The van der Waals surface area contributed by atoms with Gasteiger partial charge in [0.2, 0.25) is 0 Å². The van der Waals surface area contributed by atoms with E-state index in [1.807, 2.05) is 42.5 Å². The second kappa shape index (κ2) is 5.94. The van der Waals surface area contributed by atoms with Crippen LogP contribution < -0.4 is 5.11 Å². The second-order valence-electron chi connectivity index (χ2n) is 3.69. The van der Waals surface area contributed by atoms with Crippen molar-refractivity contribution in [2.45, 2.75) is 16.2 Å². The molecule has 0 aliphatic carbocycles. The lowest BCUT2D eigenvalue weighted by atomic mass is 10.1. The molecule has 0 N–H and O–H groups in total. The second-order valence-corrected chi connectivity index (χ2v) is 5.18. The van der Waals surface area contributed by atoms with Gasteiger partial charge in [0.05, 0.1) is 5.02 Å². The van der Waals surface area contributed by atoms with Crippen molar-refractivity contribution in [1.29, 1.82) is 0 Å². The summed E-state index contributed by atoms with van der Waals surface area (Å²) in [5.74, 6) is -1.08. The first-order valence-corrected chi connectivity index (χ1v) is 6.56. The maximum absolute atomic E-state index is 10.7. The van der Waals surface area contributed by atoms with Crippen LogP contribution in [0, 0.1) is 0 Å². The van der Waals surface area contributed by atoms with E-state index in [-0.39, 0.29) is 6.42 Å². The Hall–Kier alpha value is -1.45. The number of benzene rings is 2. The zero-order chi connectivity index (χ0) is 13.0. The van der Waals surface area contributed by atoms with E-state index in [1.54, 1.807) is 6.07 Å². The van der Waals surface area contributed by atoms with Crippen LogP contribution in [0.1, 0.15) is 5.56 Å². The molecule has 0 aliphatic heterocycles. The van der Waals surface area contributed by atoms with Gasteiger partial charge in [-0.15, -0.1) is 0 Å². The van der Waals surface area contributed by atoms with Crippen molar-refractivity contribution >= 4 is 29.3 Å². The molecule has 0 amide bonds. The Labute approximate surface area is 115 Å². The predicted octanol–water partition coefficient (Wildman–Crippen LogP) is 2.78. The van der Waals surface area contributed by atoms with Gasteiger partial charge in [0.1, 0.15) is 0 Å². The molecule has 0 saturated heterocycles. The van der Waals surface area contributed by atoms with Crippen molar-refractivity contribution in [3.8, 4) is 0 Å². The molecule has 2 aromatic carbocycles. The molecule has 0 atom stereocenters. The summed E-state index contributed by atoms with van der Waals surface area (Å²) in [6.07, 6.45) is -0.0897. The van der Waals surface area contributed by atoms with Crippen LogP contribution in [0.5, 0.6) is 0 Å². The van der Waals surface area contributed by atoms with Gasteiger partial charge >= 0.3 is 0 Å². The molecule has 2 rings (SSSR count). The smallest absolute Gasteiger partial charge is 0.0545 e. The van der Waals surface area contributed by atoms with Crippen molar-refractivity contribution in [3.63, 3.8) is 0 Å². The summed E-state index contributed by atoms with van der Waals surface area (Å²) in [6.45, 7) is 0. The van der Waals surface area contributed by atoms with E-state index in [0.29, 0.717) is 5.02 Å². The third kappa shape index (κ3) is 3.28. The number of hydrogen-bond acceptors (Lipinski definition) is 3. The summed E-state index contributed by atoms with van der Waals surface area (Å²) < 4.78 is 0. The van der Waals surface area contributed by atoms with E-state index in [4.69, 9.17) is 11.6 Å². The Morgan fingerprint density at radius 1 is 1.06 bits per heavy atom. The third-order valence-electron chi connectivity index (χ3n) is 2.36. The molecule has 0 aliphatic rings. The van der Waals surface area contributed by atoms with E-state index in [1.165, 1.54) is 11.8 Å². The molecule has 18 heavy (non-hydrogen) atoms. The van der Waals surface area contributed by atoms with Crippen LogP contribution in [0.3, 0.4) is 0 Å². The van der Waals surface area contributed by atoms with Gasteiger partial charge in [-0.25, -0.2) is 0 Å². The quantitative estimate of drug-likeness (QED) is 0.863. The van der Waals surface area contributed by atoms with Gasteiger partial charge in [0.15, 0.2) is 0 Å². The summed E-state index contributed by atoms with van der Waals surface area (Å²) in [4.78, 5) is 12.5. The highest BCUT2D eigenvalue weighted by Gasteiger charge is 2.06. The van der Waals surface area contributed by atoms with Crippen molar-refractivity contribution < 1.29 is 9.90 Å². The van der Waals surface area contributed by atoms with Gasteiger partial charge in [0.25, 0.3) is 0 Å². The van der Waals surface area contributed by atoms with Crippen LogP contribution in [-0.2, 0) is 11.2 Å². The summed E-state index contributed by atoms with van der Waals surface area (Å²) in [5, 5.41) is 11.4. The topological polar surface area (TPSA) is 40.1 Å². The molecule has 0 saturated carbocycles. The molecule has 0 bridgehead atoms. The van der Waals surface area contributed by atoms with E-state index < -0.39 is 5.97 Å². The summed E-state index contributed by atoms with van der Waals surface area (Å²) >= 11 is 7.54. The number of hydrogen-bond donors (Lipinski definition) is 0. The van der Waals surface area contributed by atoms with E-state index in [9.17, 15) is 9.90 Å². The Morgan fingerprint density at radius 2 is 1.67 bits per heavy atom. The highest BCUT2D eigenvalue weighted by molar-refractivity contribution is 7.99. The Morgan fingerprint density at radius 3 is 2.33 bits per heavy atom. The average Bonchev–Trinajstić information content (AvgIpc) is 2.34. The average molecular weight is 278 g/mol. The van der Waals surface area contributed by atoms with Crippen molar-refractivity contribution in [2.24, 2.45) is 0 Å². The summed E-state index contributed by atoms with van der Waals surface area (Å²) in [6, 6.07) is 14.8. The van der Waals surface area contributed by atoms with Crippen LogP contribution in [0.15, 0.2) is 58.3 Å². The van der Waals surface area contributed by atoms with E-state index >= 15 is 0 Å². The van der Waals surface area contributed by atoms with Crippen molar-refractivity contribution in [2.75, 3.05) is 0 Å². The van der Waals surface area contributed by atoms with E-state index in [0.717, 1.165) is 15.4 Å². The highest BCUT2D eigenvalue weighted by Crippen LogP contribution is 2.34. The molecule has 0 unspecified atom stereocenters. The molecule has 0 fully saturated rings. The van der Waals surface area contributed by atoms with Crippen LogP contribution in [0.2, 0.25) is 5.02 Å². The van der Waals surface area contributed by atoms with Crippen LogP contribution in [0.4, 0.5) is 0 Å². The number of aliphatic carboxylic acids is 1. The standard InChI is InChI=1S/C14H11ClO2S/c15-11-6-2-4-8-13(11)18-12-7-3-1-5-10(12)9-14(16)17/h1-8H,9H2,(H,16,17)/p-1. The molecule has 0 aromatic heterocycles. The first-order chi connectivity index (χ1) is 8.66. The number of halogens is 1. The zero-order valence-corrected chi connectivity index (χ0v) is 11.0. The fourth-order valence-corrected chi connectivity index (χ4v) is 2.77. The highest BCUT2D eigenvalue weighted by atomic mass is 35.5. The first-order valence-electron chi connectivity index (χ1n) is 5.37. The van der Waals surface area contributed by atoms with Gasteiger partial charge in [-0.2, -0.15) is 0 Å². The molecule has 0 heterocycles. The zero-order valence-electron chi connectivity index (χ0n) is 9.43. The lowest BCUT2D eigenvalue weighted by Gasteiger charge is -2.10. The Bertz CT molecular complexity index is 569. The van der Waals surface area contributed by atoms with Crippen LogP contribution in [-0.4, -0.2) is 5.97 Å². The number of rotatable bonds is 4.